The summed E-state index contributed by atoms with van der Waals surface area (Å²) in [5.74, 6) is 0. The van der Waals surface area contributed by atoms with Crippen LogP contribution in [0.1, 0.15) is 25.0 Å². The molecule has 0 saturated carbocycles. The van der Waals surface area contributed by atoms with Crippen LogP contribution in [-0.4, -0.2) is 13.2 Å². The molecule has 0 atom stereocenters. The van der Waals surface area contributed by atoms with Crippen LogP contribution in [0.3, 0.4) is 0 Å². The first-order valence-electron chi connectivity index (χ1n) is 7.01. The van der Waals surface area contributed by atoms with Crippen molar-refractivity contribution in [3.8, 4) is 6.07 Å². The lowest BCUT2D eigenvalue weighted by molar-refractivity contribution is 0.219. The Hall–Kier alpha value is -1.18. The van der Waals surface area contributed by atoms with Crippen molar-refractivity contribution in [2.75, 3.05) is 13.2 Å². The van der Waals surface area contributed by atoms with Crippen LogP contribution in [0.2, 0.25) is 0 Å². The van der Waals surface area contributed by atoms with E-state index in [2.05, 4.69) is 22.0 Å². The monoisotopic (exact) mass is 381 g/mol. The lowest BCUT2D eigenvalue weighted by Crippen LogP contribution is -1.99. The first kappa shape index (κ1) is 17.2. The van der Waals surface area contributed by atoms with Gasteiger partial charge in [-0.05, 0) is 48.4 Å². The molecule has 0 aliphatic rings. The van der Waals surface area contributed by atoms with Gasteiger partial charge in [0, 0.05) is 4.47 Å². The lowest BCUT2D eigenvalue weighted by atomic mass is 10.1. The second-order valence-electron chi connectivity index (χ2n) is 4.73. The maximum atomic E-state index is 12.6. The van der Waals surface area contributed by atoms with E-state index in [0.29, 0.717) is 18.8 Å². The van der Waals surface area contributed by atoms with Gasteiger partial charge in [0.05, 0.1) is 31.0 Å². The van der Waals surface area contributed by atoms with E-state index in [1.165, 1.54) is 0 Å². The Kier molecular flexibility index (Phi) is 5.77. The van der Waals surface area contributed by atoms with E-state index in [9.17, 15) is 4.57 Å². The van der Waals surface area contributed by atoms with Gasteiger partial charge in [0.25, 0.3) is 0 Å². The fraction of sp³-hybridized carbons (Fsp3) is 0.312. The molecule has 2 aromatic rings. The van der Waals surface area contributed by atoms with E-state index in [1.807, 2.05) is 24.3 Å². The molecule has 0 aliphatic heterocycles. The molecular weight excluding hydrogens is 365 g/mol. The second-order valence-corrected chi connectivity index (χ2v) is 7.64. The molecule has 0 saturated heterocycles. The minimum Gasteiger partial charge on any atom is -0.309 e. The summed E-state index contributed by atoms with van der Waals surface area (Å²) in [7, 11) is -3.13. The first-order valence-corrected chi connectivity index (χ1v) is 9.54. The third kappa shape index (κ3) is 3.97. The molecule has 0 fully saturated rings. The summed E-state index contributed by atoms with van der Waals surface area (Å²) in [4.78, 5) is 0. The van der Waals surface area contributed by atoms with E-state index < -0.39 is 7.60 Å². The van der Waals surface area contributed by atoms with Gasteiger partial charge in [0.2, 0.25) is 0 Å². The first-order chi connectivity index (χ1) is 10.5. The number of benzene rings is 2. The van der Waals surface area contributed by atoms with Crippen LogP contribution in [0.25, 0.3) is 10.8 Å². The van der Waals surface area contributed by atoms with E-state index in [-0.39, 0.29) is 6.16 Å². The van der Waals surface area contributed by atoms with Crippen LogP contribution in [0.4, 0.5) is 0 Å². The summed E-state index contributed by atoms with van der Waals surface area (Å²) in [5, 5.41) is 10.9. The Labute approximate surface area is 138 Å². The minimum absolute atomic E-state index is 0.225. The molecule has 0 spiro atoms. The van der Waals surface area contributed by atoms with Gasteiger partial charge in [0.15, 0.2) is 0 Å². The highest BCUT2D eigenvalue weighted by molar-refractivity contribution is 9.10. The van der Waals surface area contributed by atoms with Gasteiger partial charge in [0.1, 0.15) is 0 Å². The SMILES string of the molecule is CCOP(=O)(Cc1cc(Br)c2cc(C#N)ccc2c1)OCC. The highest BCUT2D eigenvalue weighted by Crippen LogP contribution is 2.51. The fourth-order valence-corrected chi connectivity index (χ4v) is 4.59. The third-order valence-electron chi connectivity index (χ3n) is 3.12. The zero-order valence-electron chi connectivity index (χ0n) is 12.5. The number of fused-ring (bicyclic) bond motifs is 1. The zero-order valence-corrected chi connectivity index (χ0v) is 15.0. The summed E-state index contributed by atoms with van der Waals surface area (Å²) in [6, 6.07) is 11.5. The Morgan fingerprint density at radius 1 is 1.18 bits per heavy atom. The number of halogens is 1. The van der Waals surface area contributed by atoms with Crippen molar-refractivity contribution in [2.24, 2.45) is 0 Å². The van der Waals surface area contributed by atoms with Crippen molar-refractivity contribution < 1.29 is 13.6 Å². The van der Waals surface area contributed by atoms with Crippen LogP contribution in [-0.2, 0) is 19.8 Å². The van der Waals surface area contributed by atoms with Gasteiger partial charge in [-0.3, -0.25) is 4.57 Å². The average Bonchev–Trinajstić information content (AvgIpc) is 2.47. The van der Waals surface area contributed by atoms with Crippen LogP contribution in [0, 0.1) is 11.3 Å². The van der Waals surface area contributed by atoms with Crippen molar-refractivity contribution in [3.05, 3.63) is 45.9 Å². The van der Waals surface area contributed by atoms with Crippen LogP contribution < -0.4 is 0 Å². The van der Waals surface area contributed by atoms with Crippen molar-refractivity contribution in [1.82, 2.24) is 0 Å². The molecule has 0 heterocycles. The number of nitrogens with zero attached hydrogens (tertiary/aromatic N) is 1. The smallest absolute Gasteiger partial charge is 0.309 e. The number of hydrogen-bond acceptors (Lipinski definition) is 4. The van der Waals surface area contributed by atoms with Gasteiger partial charge in [-0.25, -0.2) is 0 Å². The molecule has 22 heavy (non-hydrogen) atoms. The topological polar surface area (TPSA) is 59.3 Å². The fourth-order valence-electron chi connectivity index (χ4n) is 2.28. The van der Waals surface area contributed by atoms with Crippen molar-refractivity contribution >= 4 is 34.3 Å². The summed E-state index contributed by atoms with van der Waals surface area (Å²) in [6.45, 7) is 4.28. The predicted octanol–water partition coefficient (Wildman–Crippen LogP) is 5.24. The Bertz CT molecular complexity index is 760. The zero-order chi connectivity index (χ0) is 16.2. The van der Waals surface area contributed by atoms with Crippen molar-refractivity contribution in [3.63, 3.8) is 0 Å². The van der Waals surface area contributed by atoms with Crippen molar-refractivity contribution in [2.45, 2.75) is 20.0 Å². The molecule has 0 aromatic heterocycles. The summed E-state index contributed by atoms with van der Waals surface area (Å²) in [6.07, 6.45) is 0.225. The van der Waals surface area contributed by atoms with E-state index in [0.717, 1.165) is 20.8 Å². The molecule has 2 rings (SSSR count). The molecule has 0 amide bonds. The average molecular weight is 382 g/mol. The van der Waals surface area contributed by atoms with Crippen LogP contribution >= 0.6 is 23.5 Å². The lowest BCUT2D eigenvalue weighted by Gasteiger charge is -2.17. The molecule has 4 nitrogen and oxygen atoms in total. The highest BCUT2D eigenvalue weighted by Gasteiger charge is 2.24. The molecule has 0 unspecified atom stereocenters. The van der Waals surface area contributed by atoms with Gasteiger partial charge in [-0.15, -0.1) is 0 Å². The molecule has 2 aromatic carbocycles. The van der Waals surface area contributed by atoms with E-state index in [1.54, 1.807) is 19.9 Å². The van der Waals surface area contributed by atoms with Gasteiger partial charge < -0.3 is 9.05 Å². The summed E-state index contributed by atoms with van der Waals surface area (Å²) < 4.78 is 24.2. The Morgan fingerprint density at radius 3 is 2.45 bits per heavy atom. The number of hydrogen-bond donors (Lipinski definition) is 0. The normalized spacial score (nSPS) is 11.5. The molecule has 6 heteroatoms. The molecular formula is C16H17BrNO3P. The maximum absolute atomic E-state index is 12.6. The largest absolute Gasteiger partial charge is 0.335 e. The van der Waals surface area contributed by atoms with Crippen LogP contribution in [0.5, 0.6) is 0 Å². The number of nitriles is 1. The van der Waals surface area contributed by atoms with E-state index in [4.69, 9.17) is 14.3 Å². The summed E-state index contributed by atoms with van der Waals surface area (Å²) in [5.41, 5.74) is 1.48. The molecule has 0 N–H and O–H groups in total. The highest BCUT2D eigenvalue weighted by atomic mass is 79.9. The Morgan fingerprint density at radius 2 is 1.86 bits per heavy atom. The van der Waals surface area contributed by atoms with Crippen molar-refractivity contribution in [1.29, 1.82) is 5.26 Å². The Balaban J connectivity index is 2.41. The predicted molar refractivity (Wildman–Crippen MR) is 90.9 cm³/mol. The maximum Gasteiger partial charge on any atom is 0.335 e. The molecule has 116 valence electrons. The molecule has 0 aliphatic carbocycles. The molecule has 0 radical (unpaired) electrons. The molecule has 0 bridgehead atoms. The summed E-state index contributed by atoms with van der Waals surface area (Å²) >= 11 is 3.52. The minimum atomic E-state index is -3.13. The quantitative estimate of drug-likeness (QED) is 0.641. The van der Waals surface area contributed by atoms with Crippen LogP contribution in [0.15, 0.2) is 34.8 Å². The number of rotatable bonds is 6. The second kappa shape index (κ2) is 7.39. The van der Waals surface area contributed by atoms with E-state index >= 15 is 0 Å². The van der Waals surface area contributed by atoms with Gasteiger partial charge in [-0.1, -0.05) is 28.1 Å². The van der Waals surface area contributed by atoms with Gasteiger partial charge in [-0.2, -0.15) is 5.26 Å². The van der Waals surface area contributed by atoms with Gasteiger partial charge >= 0.3 is 7.60 Å². The third-order valence-corrected chi connectivity index (χ3v) is 5.83. The standard InChI is InChI=1S/C16H17BrNO3P/c1-3-20-22(19,21-4-2)11-13-7-14-6-5-12(10-18)8-15(14)16(17)9-13/h5-9H,3-4,11H2,1-2H3.